The molecule has 1 N–H and O–H groups in total. The molecule has 0 spiro atoms. The Morgan fingerprint density at radius 2 is 1.88 bits per heavy atom. The van der Waals surface area contributed by atoms with Crippen molar-refractivity contribution in [2.24, 2.45) is 0 Å². The van der Waals surface area contributed by atoms with E-state index >= 15 is 0 Å². The second-order valence-electron chi connectivity index (χ2n) is 6.21. The van der Waals surface area contributed by atoms with Crippen molar-refractivity contribution < 1.29 is 14.3 Å². The van der Waals surface area contributed by atoms with Crippen molar-refractivity contribution in [1.82, 2.24) is 14.8 Å². The second-order valence-corrected chi connectivity index (χ2v) is 6.21. The molecule has 1 aromatic carbocycles. The lowest BCUT2D eigenvalue weighted by molar-refractivity contribution is 0.0664. The molecule has 1 aliphatic rings. The van der Waals surface area contributed by atoms with E-state index in [1.54, 1.807) is 36.5 Å². The molecule has 1 saturated heterocycles. The SMILES string of the molecule is COc1ccc(C(=O)N2CCN(C)CC2)cc1NC(=O)c1cccnc1. The lowest BCUT2D eigenvalue weighted by Gasteiger charge is -2.32. The quantitative estimate of drug-likeness (QED) is 0.905. The van der Waals surface area contributed by atoms with E-state index in [4.69, 9.17) is 4.74 Å². The largest absolute Gasteiger partial charge is 0.495 e. The zero-order valence-corrected chi connectivity index (χ0v) is 14.9. The number of likely N-dealkylation sites (N-methyl/N-ethyl adjacent to an activating group) is 1. The number of hydrogen-bond acceptors (Lipinski definition) is 5. The summed E-state index contributed by atoms with van der Waals surface area (Å²) in [6.07, 6.45) is 3.09. The average molecular weight is 354 g/mol. The van der Waals surface area contributed by atoms with Gasteiger partial charge in [-0.2, -0.15) is 0 Å². The minimum atomic E-state index is -0.305. The van der Waals surface area contributed by atoms with Crippen molar-refractivity contribution in [2.45, 2.75) is 0 Å². The zero-order valence-electron chi connectivity index (χ0n) is 14.9. The van der Waals surface area contributed by atoms with Gasteiger partial charge in [0.1, 0.15) is 5.75 Å². The molecule has 0 radical (unpaired) electrons. The Morgan fingerprint density at radius 1 is 1.12 bits per heavy atom. The van der Waals surface area contributed by atoms with Crippen molar-refractivity contribution in [3.8, 4) is 5.75 Å². The van der Waals surface area contributed by atoms with Crippen molar-refractivity contribution in [2.75, 3.05) is 45.7 Å². The molecule has 7 heteroatoms. The predicted molar refractivity (Wildman–Crippen MR) is 98.6 cm³/mol. The maximum atomic E-state index is 12.8. The summed E-state index contributed by atoms with van der Waals surface area (Å²) in [5, 5.41) is 2.80. The molecule has 26 heavy (non-hydrogen) atoms. The van der Waals surface area contributed by atoms with E-state index in [1.165, 1.54) is 13.3 Å². The standard InChI is InChI=1S/C19H22N4O3/c1-22-8-10-23(11-9-22)19(25)14-5-6-17(26-2)16(12-14)21-18(24)15-4-3-7-20-13-15/h3-7,12-13H,8-11H2,1-2H3,(H,21,24). The summed E-state index contributed by atoms with van der Waals surface area (Å²) >= 11 is 0. The van der Waals surface area contributed by atoms with Gasteiger partial charge < -0.3 is 19.9 Å². The highest BCUT2D eigenvalue weighted by molar-refractivity contribution is 6.05. The van der Waals surface area contributed by atoms with Gasteiger partial charge in [0.2, 0.25) is 0 Å². The molecule has 3 rings (SSSR count). The Kier molecular flexibility index (Phi) is 5.48. The van der Waals surface area contributed by atoms with Gasteiger partial charge in [-0.15, -0.1) is 0 Å². The van der Waals surface area contributed by atoms with Crippen LogP contribution in [0.4, 0.5) is 5.69 Å². The van der Waals surface area contributed by atoms with Crippen LogP contribution in [0.3, 0.4) is 0 Å². The zero-order chi connectivity index (χ0) is 18.5. The number of piperazine rings is 1. The number of methoxy groups -OCH3 is 1. The van der Waals surface area contributed by atoms with Crippen LogP contribution in [-0.4, -0.2) is 66.9 Å². The first-order valence-corrected chi connectivity index (χ1v) is 8.45. The Hall–Kier alpha value is -2.93. The van der Waals surface area contributed by atoms with Crippen LogP contribution in [0.25, 0.3) is 0 Å². The number of benzene rings is 1. The Bertz CT molecular complexity index is 787. The molecule has 0 unspecified atom stereocenters. The molecule has 0 aliphatic carbocycles. The van der Waals surface area contributed by atoms with Gasteiger partial charge in [-0.3, -0.25) is 14.6 Å². The molecule has 0 bridgehead atoms. The van der Waals surface area contributed by atoms with E-state index in [0.717, 1.165) is 13.1 Å². The van der Waals surface area contributed by atoms with Gasteiger partial charge in [-0.1, -0.05) is 0 Å². The van der Waals surface area contributed by atoms with Crippen LogP contribution in [0, 0.1) is 0 Å². The normalized spacial score (nSPS) is 14.8. The van der Waals surface area contributed by atoms with Gasteiger partial charge in [0.25, 0.3) is 11.8 Å². The highest BCUT2D eigenvalue weighted by Crippen LogP contribution is 2.27. The van der Waals surface area contributed by atoms with Crippen molar-refractivity contribution in [3.63, 3.8) is 0 Å². The Balaban J connectivity index is 1.80. The van der Waals surface area contributed by atoms with Crippen molar-refractivity contribution >= 4 is 17.5 Å². The van der Waals surface area contributed by atoms with E-state index in [1.807, 2.05) is 11.9 Å². The molecule has 1 aliphatic heterocycles. The Labute approximate surface area is 152 Å². The molecular formula is C19H22N4O3. The monoisotopic (exact) mass is 354 g/mol. The highest BCUT2D eigenvalue weighted by Gasteiger charge is 2.21. The molecule has 136 valence electrons. The molecule has 2 amide bonds. The number of nitrogens with one attached hydrogen (secondary N) is 1. The number of ether oxygens (including phenoxy) is 1. The van der Waals surface area contributed by atoms with Crippen LogP contribution in [-0.2, 0) is 0 Å². The fourth-order valence-electron chi connectivity index (χ4n) is 2.82. The number of amides is 2. The summed E-state index contributed by atoms with van der Waals surface area (Å²) in [6, 6.07) is 8.45. The van der Waals surface area contributed by atoms with E-state index < -0.39 is 0 Å². The summed E-state index contributed by atoms with van der Waals surface area (Å²) < 4.78 is 5.31. The predicted octanol–water partition coefficient (Wildman–Crippen LogP) is 1.73. The number of anilines is 1. The molecule has 2 aromatic rings. The Morgan fingerprint density at radius 3 is 2.54 bits per heavy atom. The van der Waals surface area contributed by atoms with Crippen LogP contribution in [0.1, 0.15) is 20.7 Å². The third-order valence-corrected chi connectivity index (χ3v) is 4.41. The number of rotatable bonds is 4. The van der Waals surface area contributed by atoms with E-state index in [-0.39, 0.29) is 11.8 Å². The first-order chi connectivity index (χ1) is 12.6. The number of hydrogen-bond donors (Lipinski definition) is 1. The second kappa shape index (κ2) is 7.97. The lowest BCUT2D eigenvalue weighted by Crippen LogP contribution is -2.47. The van der Waals surface area contributed by atoms with Crippen LogP contribution >= 0.6 is 0 Å². The van der Waals surface area contributed by atoms with Gasteiger partial charge in [-0.25, -0.2) is 0 Å². The molecule has 1 fully saturated rings. The molecule has 0 saturated carbocycles. The molecule has 1 aromatic heterocycles. The lowest BCUT2D eigenvalue weighted by atomic mass is 10.1. The molecule has 7 nitrogen and oxygen atoms in total. The van der Waals surface area contributed by atoms with E-state index in [2.05, 4.69) is 15.2 Å². The van der Waals surface area contributed by atoms with E-state index in [0.29, 0.717) is 35.7 Å². The number of pyridine rings is 1. The summed E-state index contributed by atoms with van der Waals surface area (Å²) in [5.41, 5.74) is 1.42. The summed E-state index contributed by atoms with van der Waals surface area (Å²) in [6.45, 7) is 3.09. The maximum absolute atomic E-state index is 12.8. The summed E-state index contributed by atoms with van der Waals surface area (Å²) in [7, 11) is 3.57. The molecule has 0 atom stereocenters. The van der Waals surface area contributed by atoms with Gasteiger partial charge >= 0.3 is 0 Å². The summed E-state index contributed by atoms with van der Waals surface area (Å²) in [5.74, 6) is 0.149. The first kappa shape index (κ1) is 17.9. The summed E-state index contributed by atoms with van der Waals surface area (Å²) in [4.78, 5) is 33.1. The van der Waals surface area contributed by atoms with Gasteiger partial charge in [0.15, 0.2) is 0 Å². The minimum Gasteiger partial charge on any atom is -0.495 e. The topological polar surface area (TPSA) is 74.8 Å². The van der Waals surface area contributed by atoms with Crippen molar-refractivity contribution in [3.05, 3.63) is 53.9 Å². The number of nitrogens with zero attached hydrogens (tertiary/aromatic N) is 3. The highest BCUT2D eigenvalue weighted by atomic mass is 16.5. The fourth-order valence-corrected chi connectivity index (χ4v) is 2.82. The number of carbonyl (C=O) groups excluding carboxylic acids is 2. The van der Waals surface area contributed by atoms with Gasteiger partial charge in [0.05, 0.1) is 18.4 Å². The van der Waals surface area contributed by atoms with Crippen LogP contribution < -0.4 is 10.1 Å². The first-order valence-electron chi connectivity index (χ1n) is 8.45. The van der Waals surface area contributed by atoms with E-state index in [9.17, 15) is 9.59 Å². The van der Waals surface area contributed by atoms with Crippen LogP contribution in [0.15, 0.2) is 42.7 Å². The van der Waals surface area contributed by atoms with Gasteiger partial charge in [0, 0.05) is 44.1 Å². The third-order valence-electron chi connectivity index (χ3n) is 4.41. The average Bonchev–Trinajstić information content (AvgIpc) is 2.68. The van der Waals surface area contributed by atoms with Crippen LogP contribution in [0.5, 0.6) is 5.75 Å². The maximum Gasteiger partial charge on any atom is 0.257 e. The number of aromatic nitrogens is 1. The number of carbonyl (C=O) groups is 2. The smallest absolute Gasteiger partial charge is 0.257 e. The van der Waals surface area contributed by atoms with Crippen molar-refractivity contribution in [1.29, 1.82) is 0 Å². The minimum absolute atomic E-state index is 0.0439. The fraction of sp³-hybridized carbons (Fsp3) is 0.316. The van der Waals surface area contributed by atoms with Crippen LogP contribution in [0.2, 0.25) is 0 Å². The molecule has 2 heterocycles. The third kappa shape index (κ3) is 4.00. The van der Waals surface area contributed by atoms with Gasteiger partial charge in [-0.05, 0) is 37.4 Å². The molecular weight excluding hydrogens is 332 g/mol.